The summed E-state index contributed by atoms with van der Waals surface area (Å²) < 4.78 is 6.68. The van der Waals surface area contributed by atoms with Crippen LogP contribution in [0.15, 0.2) is 27.8 Å². The molecular formula is C12H15BrN2O2. The lowest BCUT2D eigenvalue weighted by atomic mass is 10.2. The molecule has 92 valence electrons. The Morgan fingerprint density at radius 3 is 2.76 bits per heavy atom. The second-order valence-corrected chi connectivity index (χ2v) is 4.98. The first-order valence-electron chi connectivity index (χ1n) is 5.65. The summed E-state index contributed by atoms with van der Waals surface area (Å²) in [7, 11) is 0. The Morgan fingerprint density at radius 2 is 2.12 bits per heavy atom. The number of amidine groups is 1. The van der Waals surface area contributed by atoms with E-state index in [0.29, 0.717) is 11.3 Å². The van der Waals surface area contributed by atoms with Gasteiger partial charge in [0.25, 0.3) is 0 Å². The van der Waals surface area contributed by atoms with Gasteiger partial charge in [-0.3, -0.25) is 0 Å². The van der Waals surface area contributed by atoms with Gasteiger partial charge in [0.2, 0.25) is 0 Å². The minimum atomic E-state index is 0.0606. The SMILES string of the molecule is N/C(=N/O)c1c(Br)cccc1OC1CCCC1. The van der Waals surface area contributed by atoms with Crippen molar-refractivity contribution >= 4 is 21.8 Å². The average Bonchev–Trinajstić information content (AvgIpc) is 2.81. The van der Waals surface area contributed by atoms with Gasteiger partial charge in [0.15, 0.2) is 5.84 Å². The maximum Gasteiger partial charge on any atom is 0.174 e. The zero-order valence-corrected chi connectivity index (χ0v) is 11.0. The molecule has 0 amide bonds. The minimum Gasteiger partial charge on any atom is -0.490 e. The molecule has 1 aliphatic rings. The fraction of sp³-hybridized carbons (Fsp3) is 0.417. The number of nitrogens with zero attached hydrogens (tertiary/aromatic N) is 1. The van der Waals surface area contributed by atoms with Gasteiger partial charge in [0, 0.05) is 4.47 Å². The highest BCUT2D eigenvalue weighted by Gasteiger charge is 2.20. The molecule has 3 N–H and O–H groups in total. The molecule has 0 unspecified atom stereocenters. The number of hydrogen-bond acceptors (Lipinski definition) is 3. The van der Waals surface area contributed by atoms with Crippen molar-refractivity contribution in [3.63, 3.8) is 0 Å². The molecule has 1 aromatic carbocycles. The summed E-state index contributed by atoms with van der Waals surface area (Å²) in [5.41, 5.74) is 6.27. The van der Waals surface area contributed by atoms with Crippen molar-refractivity contribution in [2.75, 3.05) is 0 Å². The predicted molar refractivity (Wildman–Crippen MR) is 69.5 cm³/mol. The van der Waals surface area contributed by atoms with Gasteiger partial charge in [-0.1, -0.05) is 11.2 Å². The summed E-state index contributed by atoms with van der Waals surface area (Å²) in [6, 6.07) is 5.56. The first-order chi connectivity index (χ1) is 8.22. The van der Waals surface area contributed by atoms with Gasteiger partial charge in [-0.2, -0.15) is 0 Å². The van der Waals surface area contributed by atoms with Crippen LogP contribution in [0.4, 0.5) is 0 Å². The first-order valence-corrected chi connectivity index (χ1v) is 6.44. The van der Waals surface area contributed by atoms with E-state index >= 15 is 0 Å². The monoisotopic (exact) mass is 298 g/mol. The molecule has 0 aromatic heterocycles. The van der Waals surface area contributed by atoms with E-state index in [-0.39, 0.29) is 11.9 Å². The Kier molecular flexibility index (Phi) is 3.89. The Labute approximate surface area is 109 Å². The van der Waals surface area contributed by atoms with Crippen LogP contribution in [-0.2, 0) is 0 Å². The van der Waals surface area contributed by atoms with E-state index in [2.05, 4.69) is 21.1 Å². The molecule has 17 heavy (non-hydrogen) atoms. The molecule has 0 atom stereocenters. The largest absolute Gasteiger partial charge is 0.490 e. The minimum absolute atomic E-state index is 0.0606. The van der Waals surface area contributed by atoms with Crippen molar-refractivity contribution in [2.24, 2.45) is 10.9 Å². The van der Waals surface area contributed by atoms with E-state index in [1.54, 1.807) is 0 Å². The molecule has 1 saturated carbocycles. The Hall–Kier alpha value is -1.23. The third kappa shape index (κ3) is 2.72. The summed E-state index contributed by atoms with van der Waals surface area (Å²) >= 11 is 3.39. The molecule has 4 nitrogen and oxygen atoms in total. The molecule has 0 aliphatic heterocycles. The van der Waals surface area contributed by atoms with Crippen LogP contribution in [0, 0.1) is 0 Å². The zero-order valence-electron chi connectivity index (χ0n) is 9.40. The number of rotatable bonds is 3. The van der Waals surface area contributed by atoms with Crippen LogP contribution < -0.4 is 10.5 Å². The number of halogens is 1. The normalized spacial score (nSPS) is 17.4. The van der Waals surface area contributed by atoms with Gasteiger partial charge >= 0.3 is 0 Å². The van der Waals surface area contributed by atoms with Crippen molar-refractivity contribution in [1.29, 1.82) is 0 Å². The highest BCUT2D eigenvalue weighted by Crippen LogP contribution is 2.30. The molecule has 2 rings (SSSR count). The van der Waals surface area contributed by atoms with E-state index in [4.69, 9.17) is 15.7 Å². The molecule has 1 aromatic rings. The molecule has 0 bridgehead atoms. The standard InChI is InChI=1S/C12H15BrN2O2/c13-9-6-3-7-10(11(9)12(14)15-16)17-8-4-1-2-5-8/h3,6-8,16H,1-2,4-5H2,(H2,14,15). The lowest BCUT2D eigenvalue weighted by molar-refractivity contribution is 0.209. The van der Waals surface area contributed by atoms with Crippen LogP contribution in [-0.4, -0.2) is 17.1 Å². The number of oxime groups is 1. The number of benzene rings is 1. The average molecular weight is 299 g/mol. The molecule has 1 fully saturated rings. The summed E-state index contributed by atoms with van der Waals surface area (Å²) in [5.74, 6) is 0.729. The highest BCUT2D eigenvalue weighted by atomic mass is 79.9. The van der Waals surface area contributed by atoms with Crippen molar-refractivity contribution in [3.8, 4) is 5.75 Å². The van der Waals surface area contributed by atoms with Crippen LogP contribution in [0.1, 0.15) is 31.2 Å². The maximum atomic E-state index is 8.78. The van der Waals surface area contributed by atoms with Gasteiger partial charge in [-0.15, -0.1) is 0 Å². The van der Waals surface area contributed by atoms with Crippen molar-refractivity contribution in [2.45, 2.75) is 31.8 Å². The topological polar surface area (TPSA) is 67.8 Å². The fourth-order valence-corrected chi connectivity index (χ4v) is 2.64. The maximum absolute atomic E-state index is 8.78. The van der Waals surface area contributed by atoms with Crippen LogP contribution in [0.3, 0.4) is 0 Å². The predicted octanol–water partition coefficient (Wildman–Crippen LogP) is 2.87. The second-order valence-electron chi connectivity index (χ2n) is 4.12. The first kappa shape index (κ1) is 12.2. The molecule has 0 spiro atoms. The van der Waals surface area contributed by atoms with Crippen molar-refractivity contribution < 1.29 is 9.94 Å². The van der Waals surface area contributed by atoms with E-state index in [0.717, 1.165) is 17.3 Å². The van der Waals surface area contributed by atoms with E-state index in [1.165, 1.54) is 12.8 Å². The third-order valence-corrected chi connectivity index (χ3v) is 3.60. The summed E-state index contributed by atoms with van der Waals surface area (Å²) in [6.07, 6.45) is 4.80. The lowest BCUT2D eigenvalue weighted by Crippen LogP contribution is -2.18. The molecule has 0 heterocycles. The second kappa shape index (κ2) is 5.40. The summed E-state index contributed by atoms with van der Waals surface area (Å²) in [5, 5.41) is 11.8. The Bertz CT molecular complexity index is 429. The van der Waals surface area contributed by atoms with E-state index < -0.39 is 0 Å². The fourth-order valence-electron chi connectivity index (χ4n) is 2.09. The highest BCUT2D eigenvalue weighted by molar-refractivity contribution is 9.10. The van der Waals surface area contributed by atoms with Gasteiger partial charge < -0.3 is 15.7 Å². The van der Waals surface area contributed by atoms with Gasteiger partial charge in [-0.25, -0.2) is 0 Å². The quantitative estimate of drug-likeness (QED) is 0.390. The van der Waals surface area contributed by atoms with Crippen LogP contribution in [0.25, 0.3) is 0 Å². The number of hydrogen-bond donors (Lipinski definition) is 2. The Morgan fingerprint density at radius 1 is 1.41 bits per heavy atom. The smallest absolute Gasteiger partial charge is 0.174 e. The summed E-state index contributed by atoms with van der Waals surface area (Å²) in [4.78, 5) is 0. The van der Waals surface area contributed by atoms with E-state index in [1.807, 2.05) is 18.2 Å². The number of nitrogens with two attached hydrogens (primary N) is 1. The van der Waals surface area contributed by atoms with Crippen LogP contribution >= 0.6 is 15.9 Å². The molecule has 0 radical (unpaired) electrons. The Balaban J connectivity index is 2.29. The van der Waals surface area contributed by atoms with Crippen LogP contribution in [0.5, 0.6) is 5.75 Å². The zero-order chi connectivity index (χ0) is 12.3. The number of ether oxygens (including phenoxy) is 1. The van der Waals surface area contributed by atoms with Crippen molar-refractivity contribution in [3.05, 3.63) is 28.2 Å². The van der Waals surface area contributed by atoms with Gasteiger partial charge in [0.1, 0.15) is 5.75 Å². The molecule has 1 aliphatic carbocycles. The van der Waals surface area contributed by atoms with Crippen LogP contribution in [0.2, 0.25) is 0 Å². The molecule has 5 heteroatoms. The summed E-state index contributed by atoms with van der Waals surface area (Å²) in [6.45, 7) is 0. The molecular weight excluding hydrogens is 284 g/mol. The van der Waals surface area contributed by atoms with Gasteiger partial charge in [0.05, 0.1) is 11.7 Å². The lowest BCUT2D eigenvalue weighted by Gasteiger charge is -2.16. The van der Waals surface area contributed by atoms with E-state index in [9.17, 15) is 0 Å². The third-order valence-electron chi connectivity index (χ3n) is 2.94. The van der Waals surface area contributed by atoms with Crippen molar-refractivity contribution in [1.82, 2.24) is 0 Å². The van der Waals surface area contributed by atoms with Gasteiger partial charge in [-0.05, 0) is 53.7 Å². The molecule has 0 saturated heterocycles.